The minimum Gasteiger partial charge on any atom is -0.508 e. The van der Waals surface area contributed by atoms with Crippen LogP contribution in [0.4, 0.5) is 19.4 Å². The molecule has 290 valence electrons. The van der Waals surface area contributed by atoms with E-state index in [0.717, 1.165) is 32.2 Å². The molecule has 0 aliphatic carbocycles. The Labute approximate surface area is 319 Å². The van der Waals surface area contributed by atoms with Crippen LogP contribution in [0.1, 0.15) is 58.4 Å². The van der Waals surface area contributed by atoms with Gasteiger partial charge in [-0.2, -0.15) is 9.97 Å². The Balaban J connectivity index is 1.12. The lowest BCUT2D eigenvalue weighted by atomic mass is 9.93. The zero-order valence-corrected chi connectivity index (χ0v) is 31.5. The molecule has 0 spiro atoms. The summed E-state index contributed by atoms with van der Waals surface area (Å²) in [7, 11) is 0. The van der Waals surface area contributed by atoms with E-state index in [2.05, 4.69) is 30.9 Å². The largest absolute Gasteiger partial charge is 0.508 e. The number of aliphatic hydroxyl groups excluding tert-OH is 1. The van der Waals surface area contributed by atoms with E-state index in [9.17, 15) is 19.4 Å². The first-order valence-electron chi connectivity index (χ1n) is 19.2. The molecule has 4 aliphatic heterocycles. The van der Waals surface area contributed by atoms with Crippen LogP contribution in [0.15, 0.2) is 42.5 Å². The van der Waals surface area contributed by atoms with Crippen molar-refractivity contribution < 1.29 is 33.3 Å². The molecule has 1 aromatic heterocycles. The maximum atomic E-state index is 17.1. The van der Waals surface area contributed by atoms with Crippen molar-refractivity contribution in [3.63, 3.8) is 0 Å². The van der Waals surface area contributed by atoms with Gasteiger partial charge in [0, 0.05) is 73.1 Å². The number of carbonyl (C=O) groups excluding carboxylic acids is 1. The SMILES string of the molecule is C#Cc1cccc2cc(O)cc(-c3ccc4c(N5C[C@H]6CC[C@@H](C5)N6C[C@H](O)CNC(=O)OC(C)(C)C)nc(OC[C@@]56CCCN5C[C@H](F)C6)nc4c3F)c12. The highest BCUT2D eigenvalue weighted by molar-refractivity contribution is 6.04. The summed E-state index contributed by atoms with van der Waals surface area (Å²) in [5, 5.41) is 26.1. The number of amides is 1. The predicted octanol–water partition coefficient (Wildman–Crippen LogP) is 5.77. The Kier molecular flexibility index (Phi) is 9.72. The predicted molar refractivity (Wildman–Crippen MR) is 207 cm³/mol. The molecule has 3 N–H and O–H groups in total. The molecule has 2 bridgehead atoms. The van der Waals surface area contributed by atoms with Gasteiger partial charge in [0.05, 0.1) is 11.6 Å². The van der Waals surface area contributed by atoms with Crippen LogP contribution in [0.25, 0.3) is 32.8 Å². The number of phenolic OH excluding ortho intramolecular Hbond substituents is 1. The summed E-state index contributed by atoms with van der Waals surface area (Å²) in [5.74, 6) is 2.61. The molecule has 5 atom stereocenters. The Bertz CT molecular complexity index is 2160. The van der Waals surface area contributed by atoms with Crippen molar-refractivity contribution in [2.24, 2.45) is 0 Å². The first-order valence-corrected chi connectivity index (χ1v) is 19.2. The van der Waals surface area contributed by atoms with Crippen molar-refractivity contribution in [2.45, 2.75) is 88.4 Å². The third kappa shape index (κ3) is 7.23. The zero-order valence-electron chi connectivity index (χ0n) is 31.5. The number of piperazine rings is 1. The second-order valence-electron chi connectivity index (χ2n) is 16.6. The van der Waals surface area contributed by atoms with Crippen LogP contribution in [0.5, 0.6) is 11.8 Å². The number of aliphatic hydroxyl groups is 1. The number of ether oxygens (including phenoxy) is 2. The molecule has 1 amide bonds. The summed E-state index contributed by atoms with van der Waals surface area (Å²) in [6.45, 7) is 8.32. The number of anilines is 1. The van der Waals surface area contributed by atoms with Gasteiger partial charge in [-0.1, -0.05) is 24.1 Å². The van der Waals surface area contributed by atoms with E-state index in [1.807, 2.05) is 12.1 Å². The number of nitrogens with zero attached hydrogens (tertiary/aromatic N) is 5. The van der Waals surface area contributed by atoms with Gasteiger partial charge >= 0.3 is 12.1 Å². The van der Waals surface area contributed by atoms with Gasteiger partial charge in [0.25, 0.3) is 0 Å². The average molecular weight is 755 g/mol. The Hall–Kier alpha value is -4.77. The number of nitrogens with one attached hydrogen (secondary N) is 1. The molecule has 8 rings (SSSR count). The highest BCUT2D eigenvalue weighted by Gasteiger charge is 2.49. The summed E-state index contributed by atoms with van der Waals surface area (Å²) in [6.07, 6.45) is 7.52. The fraction of sp³-hybridized carbons (Fsp3) is 0.500. The van der Waals surface area contributed by atoms with E-state index >= 15 is 4.39 Å². The molecule has 55 heavy (non-hydrogen) atoms. The summed E-state index contributed by atoms with van der Waals surface area (Å²) >= 11 is 0. The first kappa shape index (κ1) is 37.2. The number of aromatic nitrogens is 2. The number of alkyl halides is 1. The second kappa shape index (κ2) is 14.4. The molecule has 13 heteroatoms. The average Bonchev–Trinajstić information content (AvgIpc) is 3.73. The molecule has 5 heterocycles. The molecule has 0 saturated carbocycles. The van der Waals surface area contributed by atoms with Gasteiger partial charge in [0.1, 0.15) is 35.5 Å². The molecular weight excluding hydrogens is 706 g/mol. The number of carbonyl (C=O) groups is 1. The molecule has 0 radical (unpaired) electrons. The molecule has 4 fully saturated rings. The smallest absolute Gasteiger partial charge is 0.407 e. The highest BCUT2D eigenvalue weighted by atomic mass is 19.1. The standard InChI is InChI=1S/C42H48F2N6O5/c1-5-25-8-6-9-26-16-30(51)17-34(35(25)26)32-12-13-33-37(36(32)44)46-39(54-24-42-14-7-15-49(42)20-27(43)18-42)47-38(33)48-21-28-10-11-29(22-48)50(28)23-31(52)19-45-40(53)55-41(2,3)4/h1,6,8-9,12-13,16-17,27-29,31,51-52H,7,10-11,14-15,18-24H2,2-4H3,(H,45,53)/t27-,28-,29+,31-,42+/m1/s1. The lowest BCUT2D eigenvalue weighted by molar-refractivity contribution is 0.0433. The van der Waals surface area contributed by atoms with Gasteiger partial charge in [-0.15, -0.1) is 6.42 Å². The van der Waals surface area contributed by atoms with Crippen LogP contribution >= 0.6 is 0 Å². The van der Waals surface area contributed by atoms with E-state index in [1.165, 1.54) is 6.07 Å². The van der Waals surface area contributed by atoms with Gasteiger partial charge < -0.3 is 29.9 Å². The number of rotatable bonds is 9. The van der Waals surface area contributed by atoms with Crippen LogP contribution in [0.2, 0.25) is 0 Å². The number of phenols is 1. The molecule has 11 nitrogen and oxygen atoms in total. The van der Waals surface area contributed by atoms with E-state index in [1.54, 1.807) is 45.0 Å². The topological polar surface area (TPSA) is 124 Å². The molecule has 4 aliphatic rings. The number of fused-ring (bicyclic) bond motifs is 5. The van der Waals surface area contributed by atoms with Gasteiger partial charge in [-0.05, 0) is 88.2 Å². The Morgan fingerprint density at radius 3 is 2.65 bits per heavy atom. The van der Waals surface area contributed by atoms with Crippen molar-refractivity contribution >= 4 is 33.6 Å². The summed E-state index contributed by atoms with van der Waals surface area (Å²) < 4.78 is 43.5. The number of hydrogen-bond donors (Lipinski definition) is 3. The Morgan fingerprint density at radius 2 is 1.91 bits per heavy atom. The van der Waals surface area contributed by atoms with Crippen LogP contribution < -0.4 is 15.0 Å². The van der Waals surface area contributed by atoms with E-state index < -0.39 is 35.3 Å². The van der Waals surface area contributed by atoms with Crippen LogP contribution in [-0.2, 0) is 4.74 Å². The van der Waals surface area contributed by atoms with Crippen LogP contribution in [-0.4, -0.2) is 117 Å². The second-order valence-corrected chi connectivity index (χ2v) is 16.6. The molecule has 4 aromatic rings. The van der Waals surface area contributed by atoms with Crippen molar-refractivity contribution in [3.8, 4) is 35.2 Å². The fourth-order valence-electron chi connectivity index (χ4n) is 9.32. The van der Waals surface area contributed by atoms with Gasteiger partial charge in [-0.3, -0.25) is 9.80 Å². The maximum absolute atomic E-state index is 17.1. The van der Waals surface area contributed by atoms with Gasteiger partial charge in [0.2, 0.25) is 0 Å². The quantitative estimate of drug-likeness (QED) is 0.182. The lowest BCUT2D eigenvalue weighted by Crippen LogP contribution is -2.56. The van der Waals surface area contributed by atoms with Gasteiger partial charge in [-0.25, -0.2) is 13.6 Å². The van der Waals surface area contributed by atoms with Crippen molar-refractivity contribution in [2.75, 3.05) is 50.8 Å². The summed E-state index contributed by atoms with van der Waals surface area (Å²) in [6, 6.07) is 12.2. The maximum Gasteiger partial charge on any atom is 0.407 e. The van der Waals surface area contributed by atoms with E-state index in [0.29, 0.717) is 65.7 Å². The normalized spacial score (nSPS) is 24.6. The third-order valence-electron chi connectivity index (χ3n) is 11.6. The number of halogens is 2. The minimum absolute atomic E-state index is 0.0191. The fourth-order valence-corrected chi connectivity index (χ4v) is 9.32. The van der Waals surface area contributed by atoms with Crippen LogP contribution in [0.3, 0.4) is 0 Å². The molecule has 3 aromatic carbocycles. The van der Waals surface area contributed by atoms with Crippen LogP contribution in [0, 0.1) is 18.2 Å². The molecule has 4 saturated heterocycles. The van der Waals surface area contributed by atoms with Crippen molar-refractivity contribution in [3.05, 3.63) is 53.8 Å². The lowest BCUT2D eigenvalue weighted by Gasteiger charge is -2.42. The minimum atomic E-state index is -0.930. The summed E-state index contributed by atoms with van der Waals surface area (Å²) in [5.41, 5.74) is 0.219. The number of aromatic hydroxyl groups is 1. The molecular formula is C42H48F2N6O5. The zero-order chi connectivity index (χ0) is 38.6. The molecule has 0 unspecified atom stereocenters. The Morgan fingerprint density at radius 1 is 1.13 bits per heavy atom. The van der Waals surface area contributed by atoms with Crippen molar-refractivity contribution in [1.82, 2.24) is 25.1 Å². The number of benzene rings is 3. The summed E-state index contributed by atoms with van der Waals surface area (Å²) in [4.78, 5) is 28.4. The van der Waals surface area contributed by atoms with Crippen molar-refractivity contribution in [1.29, 1.82) is 0 Å². The number of alkyl carbamates (subject to hydrolysis) is 1. The third-order valence-corrected chi connectivity index (χ3v) is 11.6. The number of terminal acetylenes is 1. The van der Waals surface area contributed by atoms with E-state index in [4.69, 9.17) is 20.9 Å². The van der Waals surface area contributed by atoms with E-state index in [-0.39, 0.29) is 48.1 Å². The monoisotopic (exact) mass is 754 g/mol. The number of hydrogen-bond acceptors (Lipinski definition) is 10. The first-order chi connectivity index (χ1) is 26.3. The van der Waals surface area contributed by atoms with Gasteiger partial charge in [0.15, 0.2) is 5.82 Å². The highest BCUT2D eigenvalue weighted by Crippen LogP contribution is 2.43.